The van der Waals surface area contributed by atoms with Crippen LogP contribution in [0.3, 0.4) is 0 Å². The van der Waals surface area contributed by atoms with Gasteiger partial charge in [-0.3, -0.25) is 4.79 Å². The summed E-state index contributed by atoms with van der Waals surface area (Å²) >= 11 is 1.62. The molecule has 1 aliphatic carbocycles. The van der Waals surface area contributed by atoms with Crippen molar-refractivity contribution in [1.29, 1.82) is 0 Å². The molecular formula is C11H17N3OS. The molecule has 5 heteroatoms. The molecule has 0 bridgehead atoms. The maximum absolute atomic E-state index is 11.4. The minimum absolute atomic E-state index is 0.0835. The molecule has 16 heavy (non-hydrogen) atoms. The molecule has 1 aromatic rings. The molecule has 0 radical (unpaired) electrons. The number of carbonyl (C=O) groups excluding carboxylic acids is 1. The summed E-state index contributed by atoms with van der Waals surface area (Å²) in [6.07, 6.45) is 2.54. The van der Waals surface area contributed by atoms with Crippen LogP contribution in [-0.2, 0) is 11.3 Å². The number of carbonyl (C=O) groups is 1. The highest BCUT2D eigenvalue weighted by Gasteiger charge is 2.21. The van der Waals surface area contributed by atoms with E-state index < -0.39 is 0 Å². The normalized spacial score (nSPS) is 15.1. The SMILES string of the molecule is Cc1csc(CNCC(=O)NCC2CC2)n1. The molecule has 1 amide bonds. The predicted octanol–water partition coefficient (Wildman–Crippen LogP) is 1.07. The van der Waals surface area contributed by atoms with Crippen LogP contribution in [0.5, 0.6) is 0 Å². The van der Waals surface area contributed by atoms with E-state index in [1.54, 1.807) is 11.3 Å². The number of hydrogen-bond donors (Lipinski definition) is 2. The van der Waals surface area contributed by atoms with Crippen molar-refractivity contribution in [3.63, 3.8) is 0 Å². The van der Waals surface area contributed by atoms with Gasteiger partial charge in [-0.2, -0.15) is 0 Å². The average Bonchev–Trinajstić information content (AvgIpc) is 2.99. The molecule has 2 N–H and O–H groups in total. The molecular weight excluding hydrogens is 222 g/mol. The van der Waals surface area contributed by atoms with Gasteiger partial charge in [0.2, 0.25) is 5.91 Å². The molecule has 0 unspecified atom stereocenters. The van der Waals surface area contributed by atoms with Gasteiger partial charge in [0.1, 0.15) is 5.01 Å². The molecule has 1 heterocycles. The van der Waals surface area contributed by atoms with Crippen molar-refractivity contribution in [2.75, 3.05) is 13.1 Å². The van der Waals surface area contributed by atoms with E-state index in [1.807, 2.05) is 12.3 Å². The molecule has 1 fully saturated rings. The van der Waals surface area contributed by atoms with E-state index >= 15 is 0 Å². The molecule has 0 spiro atoms. The summed E-state index contributed by atoms with van der Waals surface area (Å²) in [6.45, 7) is 3.87. The second kappa shape index (κ2) is 5.41. The maximum Gasteiger partial charge on any atom is 0.233 e. The van der Waals surface area contributed by atoms with Crippen LogP contribution < -0.4 is 10.6 Å². The van der Waals surface area contributed by atoms with Gasteiger partial charge < -0.3 is 10.6 Å². The largest absolute Gasteiger partial charge is 0.355 e. The molecule has 4 nitrogen and oxygen atoms in total. The predicted molar refractivity (Wildman–Crippen MR) is 64.3 cm³/mol. The minimum Gasteiger partial charge on any atom is -0.355 e. The zero-order valence-electron chi connectivity index (χ0n) is 9.45. The van der Waals surface area contributed by atoms with Crippen LogP contribution in [0.4, 0.5) is 0 Å². The number of thiazole rings is 1. The second-order valence-electron chi connectivity index (χ2n) is 4.23. The Morgan fingerprint density at radius 3 is 3.06 bits per heavy atom. The molecule has 2 rings (SSSR count). The van der Waals surface area contributed by atoms with E-state index in [0.29, 0.717) is 13.1 Å². The average molecular weight is 239 g/mol. The van der Waals surface area contributed by atoms with Crippen molar-refractivity contribution in [2.24, 2.45) is 5.92 Å². The third-order valence-corrected chi connectivity index (χ3v) is 3.48. The van der Waals surface area contributed by atoms with E-state index in [0.717, 1.165) is 23.2 Å². The van der Waals surface area contributed by atoms with Crippen molar-refractivity contribution in [1.82, 2.24) is 15.6 Å². The highest BCUT2D eigenvalue weighted by Crippen LogP contribution is 2.27. The van der Waals surface area contributed by atoms with E-state index in [4.69, 9.17) is 0 Å². The topological polar surface area (TPSA) is 54.0 Å². The Morgan fingerprint density at radius 2 is 2.44 bits per heavy atom. The van der Waals surface area contributed by atoms with Crippen LogP contribution in [-0.4, -0.2) is 24.0 Å². The molecule has 1 aliphatic rings. The van der Waals surface area contributed by atoms with E-state index in [2.05, 4.69) is 15.6 Å². The summed E-state index contributed by atoms with van der Waals surface area (Å²) in [7, 11) is 0. The quantitative estimate of drug-likeness (QED) is 0.780. The lowest BCUT2D eigenvalue weighted by Gasteiger charge is -2.04. The standard InChI is InChI=1S/C11H17N3OS/c1-8-7-16-11(14-8)6-12-5-10(15)13-4-9-2-3-9/h7,9,12H,2-6H2,1H3,(H,13,15). The van der Waals surface area contributed by atoms with E-state index in [1.165, 1.54) is 12.8 Å². The zero-order valence-corrected chi connectivity index (χ0v) is 10.3. The Hall–Kier alpha value is -0.940. The molecule has 88 valence electrons. The number of amides is 1. The lowest BCUT2D eigenvalue weighted by molar-refractivity contribution is -0.120. The highest BCUT2D eigenvalue weighted by atomic mass is 32.1. The minimum atomic E-state index is 0.0835. The second-order valence-corrected chi connectivity index (χ2v) is 5.18. The number of nitrogens with one attached hydrogen (secondary N) is 2. The number of aryl methyl sites for hydroxylation is 1. The van der Waals surface area contributed by atoms with Gasteiger partial charge in [-0.25, -0.2) is 4.98 Å². The summed E-state index contributed by atoms with van der Waals surface area (Å²) < 4.78 is 0. The fraction of sp³-hybridized carbons (Fsp3) is 0.636. The molecule has 0 aromatic carbocycles. The Kier molecular flexibility index (Phi) is 3.90. The highest BCUT2D eigenvalue weighted by molar-refractivity contribution is 7.09. The third kappa shape index (κ3) is 3.90. The van der Waals surface area contributed by atoms with Gasteiger partial charge in [0.15, 0.2) is 0 Å². The van der Waals surface area contributed by atoms with Crippen LogP contribution in [0.25, 0.3) is 0 Å². The first-order chi connectivity index (χ1) is 7.74. The number of nitrogens with zero attached hydrogens (tertiary/aromatic N) is 1. The summed E-state index contributed by atoms with van der Waals surface area (Å²) in [5.41, 5.74) is 1.04. The van der Waals surface area contributed by atoms with E-state index in [-0.39, 0.29) is 5.91 Å². The summed E-state index contributed by atoms with van der Waals surface area (Å²) in [4.78, 5) is 15.7. The van der Waals surface area contributed by atoms with Crippen LogP contribution in [0.2, 0.25) is 0 Å². The van der Waals surface area contributed by atoms with Gasteiger partial charge in [0.05, 0.1) is 6.54 Å². The third-order valence-electron chi connectivity index (χ3n) is 2.51. The van der Waals surface area contributed by atoms with Crippen molar-refractivity contribution in [3.8, 4) is 0 Å². The number of rotatable bonds is 6. The molecule has 0 atom stereocenters. The Labute approximate surface area is 99.5 Å². The monoisotopic (exact) mass is 239 g/mol. The first-order valence-electron chi connectivity index (χ1n) is 5.62. The number of aromatic nitrogens is 1. The summed E-state index contributed by atoms with van der Waals surface area (Å²) in [5, 5.41) is 9.07. The molecule has 0 aliphatic heterocycles. The molecule has 0 saturated heterocycles. The van der Waals surface area contributed by atoms with Gasteiger partial charge >= 0.3 is 0 Å². The van der Waals surface area contributed by atoms with Gasteiger partial charge in [0, 0.05) is 24.2 Å². The van der Waals surface area contributed by atoms with Crippen LogP contribution in [0, 0.1) is 12.8 Å². The fourth-order valence-corrected chi connectivity index (χ4v) is 2.15. The lowest BCUT2D eigenvalue weighted by atomic mass is 10.4. The lowest BCUT2D eigenvalue weighted by Crippen LogP contribution is -2.34. The van der Waals surface area contributed by atoms with Crippen LogP contribution in [0.1, 0.15) is 23.5 Å². The Balaban J connectivity index is 1.57. The van der Waals surface area contributed by atoms with Gasteiger partial charge in [-0.05, 0) is 25.7 Å². The van der Waals surface area contributed by atoms with Gasteiger partial charge in [0.25, 0.3) is 0 Å². The van der Waals surface area contributed by atoms with Crippen molar-refractivity contribution in [2.45, 2.75) is 26.3 Å². The molecule has 1 aromatic heterocycles. The first-order valence-corrected chi connectivity index (χ1v) is 6.50. The fourth-order valence-electron chi connectivity index (χ4n) is 1.41. The number of hydrogen-bond acceptors (Lipinski definition) is 4. The van der Waals surface area contributed by atoms with Crippen LogP contribution >= 0.6 is 11.3 Å². The molecule has 1 saturated carbocycles. The van der Waals surface area contributed by atoms with Crippen LogP contribution in [0.15, 0.2) is 5.38 Å². The zero-order chi connectivity index (χ0) is 11.4. The van der Waals surface area contributed by atoms with Gasteiger partial charge in [-0.15, -0.1) is 11.3 Å². The summed E-state index contributed by atoms with van der Waals surface area (Å²) in [6, 6.07) is 0. The van der Waals surface area contributed by atoms with E-state index in [9.17, 15) is 4.79 Å². The Bertz CT molecular complexity index is 360. The van der Waals surface area contributed by atoms with Crippen molar-refractivity contribution >= 4 is 17.2 Å². The van der Waals surface area contributed by atoms with Crippen molar-refractivity contribution in [3.05, 3.63) is 16.1 Å². The smallest absolute Gasteiger partial charge is 0.233 e. The maximum atomic E-state index is 11.4. The first kappa shape index (κ1) is 11.5. The Morgan fingerprint density at radius 1 is 1.62 bits per heavy atom. The van der Waals surface area contributed by atoms with Gasteiger partial charge in [-0.1, -0.05) is 0 Å². The summed E-state index contributed by atoms with van der Waals surface area (Å²) in [5.74, 6) is 0.825. The van der Waals surface area contributed by atoms with Crippen molar-refractivity contribution < 1.29 is 4.79 Å².